The van der Waals surface area contributed by atoms with Crippen LogP contribution in [0.15, 0.2) is 4.52 Å². The first-order chi connectivity index (χ1) is 9.59. The van der Waals surface area contributed by atoms with Crippen LogP contribution < -0.4 is 5.73 Å². The Balaban J connectivity index is 2.11. The van der Waals surface area contributed by atoms with E-state index >= 15 is 0 Å². The topological polar surface area (TPSA) is 64.9 Å². The van der Waals surface area contributed by atoms with Crippen molar-refractivity contribution in [1.29, 1.82) is 0 Å². The highest BCUT2D eigenvalue weighted by molar-refractivity contribution is 5.07. The quantitative estimate of drug-likeness (QED) is 0.850. The van der Waals surface area contributed by atoms with Gasteiger partial charge < -0.3 is 10.3 Å². The molecular weight excluding hydrogens is 250 g/mol. The minimum absolute atomic E-state index is 0.364. The summed E-state index contributed by atoms with van der Waals surface area (Å²) in [5, 5.41) is 4.21. The number of rotatable bonds is 6. The molecule has 1 heterocycles. The molecule has 20 heavy (non-hydrogen) atoms. The Morgan fingerprint density at radius 1 is 1.25 bits per heavy atom. The summed E-state index contributed by atoms with van der Waals surface area (Å²) in [6.07, 6.45) is 8.79. The van der Waals surface area contributed by atoms with E-state index in [0.29, 0.717) is 5.92 Å². The Hall–Kier alpha value is -0.900. The Morgan fingerprint density at radius 2 is 1.85 bits per heavy atom. The standard InChI is InChI=1S/C16H29N3O/c1-4-6-13(7-5-2)14-18-15(19-20-14)16(17)10-8-12(3)9-11-16/h12-13H,4-11,17H2,1-3H3. The molecule has 0 atom stereocenters. The van der Waals surface area contributed by atoms with Crippen LogP contribution in [0.1, 0.15) is 89.8 Å². The molecule has 0 bridgehead atoms. The van der Waals surface area contributed by atoms with Crippen LogP contribution >= 0.6 is 0 Å². The molecule has 1 aromatic rings. The summed E-state index contributed by atoms with van der Waals surface area (Å²) in [5.74, 6) is 2.70. The number of hydrogen-bond acceptors (Lipinski definition) is 4. The third kappa shape index (κ3) is 3.40. The van der Waals surface area contributed by atoms with Crippen molar-refractivity contribution in [1.82, 2.24) is 10.1 Å². The van der Waals surface area contributed by atoms with Crippen molar-refractivity contribution in [3.8, 4) is 0 Å². The molecule has 0 spiro atoms. The lowest BCUT2D eigenvalue weighted by Crippen LogP contribution is -2.41. The summed E-state index contributed by atoms with van der Waals surface area (Å²) in [6.45, 7) is 6.69. The predicted octanol–water partition coefficient (Wildman–Crippen LogP) is 4.12. The summed E-state index contributed by atoms with van der Waals surface area (Å²) in [4.78, 5) is 4.67. The van der Waals surface area contributed by atoms with E-state index in [2.05, 4.69) is 30.9 Å². The lowest BCUT2D eigenvalue weighted by Gasteiger charge is -2.33. The second kappa shape index (κ2) is 6.70. The largest absolute Gasteiger partial charge is 0.339 e. The van der Waals surface area contributed by atoms with E-state index < -0.39 is 0 Å². The monoisotopic (exact) mass is 279 g/mol. The van der Waals surface area contributed by atoms with E-state index in [4.69, 9.17) is 10.3 Å². The molecule has 1 aromatic heterocycles. The highest BCUT2D eigenvalue weighted by Crippen LogP contribution is 2.37. The van der Waals surface area contributed by atoms with Crippen LogP contribution in [-0.2, 0) is 5.54 Å². The van der Waals surface area contributed by atoms with Gasteiger partial charge in [0.15, 0.2) is 5.82 Å². The summed E-state index contributed by atoms with van der Waals surface area (Å²) < 4.78 is 5.54. The molecule has 0 amide bonds. The van der Waals surface area contributed by atoms with Gasteiger partial charge in [-0.3, -0.25) is 0 Å². The molecule has 4 heteroatoms. The number of nitrogens with two attached hydrogens (primary N) is 1. The van der Waals surface area contributed by atoms with Gasteiger partial charge in [0.1, 0.15) is 0 Å². The summed E-state index contributed by atoms with van der Waals surface area (Å²) in [5.41, 5.74) is 6.16. The first kappa shape index (κ1) is 15.5. The summed E-state index contributed by atoms with van der Waals surface area (Å²) >= 11 is 0. The summed E-state index contributed by atoms with van der Waals surface area (Å²) in [6, 6.07) is 0. The third-order valence-electron chi connectivity index (χ3n) is 4.68. The Bertz CT molecular complexity index is 402. The fourth-order valence-electron chi connectivity index (χ4n) is 3.19. The van der Waals surface area contributed by atoms with Gasteiger partial charge in [0.05, 0.1) is 5.54 Å². The Morgan fingerprint density at radius 3 is 2.40 bits per heavy atom. The van der Waals surface area contributed by atoms with Crippen LogP contribution in [0, 0.1) is 5.92 Å². The lowest BCUT2D eigenvalue weighted by molar-refractivity contribution is 0.229. The van der Waals surface area contributed by atoms with Crippen LogP contribution in [0.4, 0.5) is 0 Å². The van der Waals surface area contributed by atoms with E-state index in [1.165, 1.54) is 0 Å². The first-order valence-corrected chi connectivity index (χ1v) is 8.22. The van der Waals surface area contributed by atoms with Gasteiger partial charge in [-0.05, 0) is 44.4 Å². The van der Waals surface area contributed by atoms with Crippen molar-refractivity contribution in [2.45, 2.75) is 83.6 Å². The van der Waals surface area contributed by atoms with Gasteiger partial charge in [-0.15, -0.1) is 0 Å². The molecule has 1 aliphatic carbocycles. The van der Waals surface area contributed by atoms with Gasteiger partial charge in [0, 0.05) is 5.92 Å². The molecule has 2 rings (SSSR count). The first-order valence-electron chi connectivity index (χ1n) is 8.22. The van der Waals surface area contributed by atoms with Crippen molar-refractivity contribution in [2.75, 3.05) is 0 Å². The second-order valence-corrected chi connectivity index (χ2v) is 6.57. The molecule has 114 valence electrons. The van der Waals surface area contributed by atoms with Crippen LogP contribution in [-0.4, -0.2) is 10.1 Å². The van der Waals surface area contributed by atoms with Gasteiger partial charge in [-0.1, -0.05) is 38.8 Å². The van der Waals surface area contributed by atoms with Gasteiger partial charge in [-0.2, -0.15) is 4.98 Å². The maximum Gasteiger partial charge on any atom is 0.229 e. The van der Waals surface area contributed by atoms with E-state index in [1.807, 2.05) is 0 Å². The van der Waals surface area contributed by atoms with E-state index in [1.54, 1.807) is 0 Å². The van der Waals surface area contributed by atoms with Gasteiger partial charge in [0.25, 0.3) is 0 Å². The predicted molar refractivity (Wildman–Crippen MR) is 80.4 cm³/mol. The maximum atomic E-state index is 6.52. The minimum Gasteiger partial charge on any atom is -0.339 e. The fraction of sp³-hybridized carbons (Fsp3) is 0.875. The highest BCUT2D eigenvalue weighted by Gasteiger charge is 2.36. The van der Waals surface area contributed by atoms with E-state index in [9.17, 15) is 0 Å². The number of hydrogen-bond donors (Lipinski definition) is 1. The molecule has 1 aliphatic rings. The molecule has 0 unspecified atom stereocenters. The number of nitrogens with zero attached hydrogens (tertiary/aromatic N) is 2. The van der Waals surface area contributed by atoms with E-state index in [0.717, 1.165) is 69.0 Å². The molecule has 0 saturated heterocycles. The van der Waals surface area contributed by atoms with Gasteiger partial charge in [-0.25, -0.2) is 0 Å². The molecule has 0 aliphatic heterocycles. The normalized spacial score (nSPS) is 27.1. The highest BCUT2D eigenvalue weighted by atomic mass is 16.5. The van der Waals surface area contributed by atoms with Crippen LogP contribution in [0.3, 0.4) is 0 Å². The van der Waals surface area contributed by atoms with Crippen molar-refractivity contribution < 1.29 is 4.52 Å². The SMILES string of the molecule is CCCC(CCC)c1nc(C2(N)CCC(C)CC2)no1. The molecule has 0 radical (unpaired) electrons. The van der Waals surface area contributed by atoms with Crippen molar-refractivity contribution in [3.05, 3.63) is 11.7 Å². The molecule has 1 saturated carbocycles. The summed E-state index contributed by atoms with van der Waals surface area (Å²) in [7, 11) is 0. The average Bonchev–Trinajstić information content (AvgIpc) is 2.92. The Labute approximate surface area is 122 Å². The third-order valence-corrected chi connectivity index (χ3v) is 4.68. The zero-order valence-electron chi connectivity index (χ0n) is 13.2. The second-order valence-electron chi connectivity index (χ2n) is 6.57. The van der Waals surface area contributed by atoms with Gasteiger partial charge in [0.2, 0.25) is 5.89 Å². The number of aromatic nitrogens is 2. The minimum atomic E-state index is -0.364. The van der Waals surface area contributed by atoms with Crippen molar-refractivity contribution >= 4 is 0 Å². The molecular formula is C16H29N3O. The van der Waals surface area contributed by atoms with Crippen molar-refractivity contribution in [3.63, 3.8) is 0 Å². The lowest BCUT2D eigenvalue weighted by atomic mass is 9.77. The smallest absolute Gasteiger partial charge is 0.229 e. The maximum absolute atomic E-state index is 6.52. The average molecular weight is 279 g/mol. The fourth-order valence-corrected chi connectivity index (χ4v) is 3.19. The zero-order valence-corrected chi connectivity index (χ0v) is 13.2. The van der Waals surface area contributed by atoms with Gasteiger partial charge >= 0.3 is 0 Å². The van der Waals surface area contributed by atoms with Crippen LogP contribution in [0.25, 0.3) is 0 Å². The molecule has 2 N–H and O–H groups in total. The van der Waals surface area contributed by atoms with Crippen LogP contribution in [0.2, 0.25) is 0 Å². The molecule has 1 fully saturated rings. The van der Waals surface area contributed by atoms with Crippen LogP contribution in [0.5, 0.6) is 0 Å². The molecule has 0 aromatic carbocycles. The Kier molecular flexibility index (Phi) is 5.19. The zero-order chi connectivity index (χ0) is 14.6. The van der Waals surface area contributed by atoms with E-state index in [-0.39, 0.29) is 5.54 Å². The van der Waals surface area contributed by atoms with Crippen molar-refractivity contribution in [2.24, 2.45) is 11.7 Å². The molecule has 4 nitrogen and oxygen atoms in total.